The number of rotatable bonds is 2. The van der Waals surface area contributed by atoms with Gasteiger partial charge in [-0.2, -0.15) is 8.42 Å². The summed E-state index contributed by atoms with van der Waals surface area (Å²) >= 11 is 0. The Morgan fingerprint density at radius 1 is 0.903 bits per heavy atom. The molecule has 3 aliphatic heterocycles. The Morgan fingerprint density at radius 3 is 2.06 bits per heavy atom. The van der Waals surface area contributed by atoms with Crippen molar-refractivity contribution in [1.29, 1.82) is 0 Å². The minimum Gasteiger partial charge on any atom is -0.355 e. The summed E-state index contributed by atoms with van der Waals surface area (Å²) in [6.45, 7) is 0.787. The van der Waals surface area contributed by atoms with Crippen LogP contribution in [0.5, 0.6) is 0 Å². The summed E-state index contributed by atoms with van der Waals surface area (Å²) in [6.07, 6.45) is 0.756. The summed E-state index contributed by atoms with van der Waals surface area (Å²) in [7, 11) is -3.72. The predicted octanol–water partition coefficient (Wildman–Crippen LogP) is 1.60. The fourth-order valence-electron chi connectivity index (χ4n) is 4.06. The van der Waals surface area contributed by atoms with E-state index in [9.17, 15) is 22.8 Å². The maximum absolute atomic E-state index is 12.6. The van der Waals surface area contributed by atoms with Crippen molar-refractivity contribution >= 4 is 33.6 Å². The van der Waals surface area contributed by atoms with Gasteiger partial charge in [-0.1, -0.05) is 29.3 Å². The molecule has 2 amide bonds. The predicted molar refractivity (Wildman–Crippen MR) is 107 cm³/mol. The lowest BCUT2D eigenvalue weighted by Gasteiger charge is -2.32. The van der Waals surface area contributed by atoms with Gasteiger partial charge in [0, 0.05) is 18.7 Å². The van der Waals surface area contributed by atoms with Gasteiger partial charge in [-0.25, -0.2) is 4.79 Å². The van der Waals surface area contributed by atoms with E-state index in [-0.39, 0.29) is 16.0 Å². The SMILES string of the molecule is O=C(ON1C(=O)c2ccccc2C1=O)C1CCN(C2=NS(=O)(=O)c3ccccc32)CC1. The van der Waals surface area contributed by atoms with E-state index >= 15 is 0 Å². The molecule has 0 unspecified atom stereocenters. The van der Waals surface area contributed by atoms with Crippen LogP contribution in [0.1, 0.15) is 39.1 Å². The number of amides is 2. The van der Waals surface area contributed by atoms with Crippen molar-refractivity contribution in [2.24, 2.45) is 10.3 Å². The highest BCUT2D eigenvalue weighted by atomic mass is 32.2. The molecule has 2 aromatic carbocycles. The van der Waals surface area contributed by atoms with Crippen molar-refractivity contribution in [3.05, 3.63) is 65.2 Å². The smallest absolute Gasteiger partial charge is 0.336 e. The van der Waals surface area contributed by atoms with Crippen molar-refractivity contribution in [1.82, 2.24) is 9.96 Å². The highest BCUT2D eigenvalue weighted by Gasteiger charge is 2.41. The monoisotopic (exact) mass is 439 g/mol. The van der Waals surface area contributed by atoms with Crippen molar-refractivity contribution in [3.8, 4) is 0 Å². The standard InChI is InChI=1S/C21H17N3O6S/c25-19-14-5-1-2-6-15(14)20(26)24(19)30-21(27)13-9-11-23(12-10-13)18-16-7-3-4-8-17(16)31(28,29)22-18/h1-8,13H,9-12H2. The summed E-state index contributed by atoms with van der Waals surface area (Å²) in [6, 6.07) is 12.9. The van der Waals surface area contributed by atoms with Gasteiger partial charge < -0.3 is 9.74 Å². The maximum Gasteiger partial charge on any atom is 0.336 e. The number of benzene rings is 2. The van der Waals surface area contributed by atoms with Gasteiger partial charge in [0.15, 0.2) is 5.84 Å². The molecule has 9 nitrogen and oxygen atoms in total. The zero-order valence-corrected chi connectivity index (χ0v) is 17.0. The quantitative estimate of drug-likeness (QED) is 0.653. The molecule has 5 rings (SSSR count). The summed E-state index contributed by atoms with van der Waals surface area (Å²) in [4.78, 5) is 44.5. The van der Waals surface area contributed by atoms with Crippen LogP contribution in [-0.2, 0) is 19.7 Å². The highest BCUT2D eigenvalue weighted by molar-refractivity contribution is 7.90. The Hall–Kier alpha value is -3.53. The molecule has 10 heteroatoms. The average molecular weight is 439 g/mol. The number of carbonyl (C=O) groups is 3. The van der Waals surface area contributed by atoms with Gasteiger partial charge in [-0.3, -0.25) is 9.59 Å². The van der Waals surface area contributed by atoms with Gasteiger partial charge in [0.1, 0.15) is 4.90 Å². The Kier molecular flexibility index (Phi) is 4.40. The lowest BCUT2D eigenvalue weighted by Crippen LogP contribution is -2.42. The minimum absolute atomic E-state index is 0.178. The lowest BCUT2D eigenvalue weighted by atomic mass is 9.96. The summed E-state index contributed by atoms with van der Waals surface area (Å²) in [5.41, 5.74) is 0.957. The molecular formula is C21H17N3O6S. The molecule has 1 fully saturated rings. The third-order valence-corrected chi connectivity index (χ3v) is 7.00. The zero-order valence-electron chi connectivity index (χ0n) is 16.2. The first-order chi connectivity index (χ1) is 14.9. The van der Waals surface area contributed by atoms with E-state index in [1.165, 1.54) is 18.2 Å². The second kappa shape index (κ2) is 7.02. The maximum atomic E-state index is 12.6. The number of piperidine rings is 1. The van der Waals surface area contributed by atoms with E-state index in [1.807, 2.05) is 4.90 Å². The normalized spacial score (nSPS) is 19.8. The van der Waals surface area contributed by atoms with Crippen LogP contribution in [0.4, 0.5) is 0 Å². The highest BCUT2D eigenvalue weighted by Crippen LogP contribution is 2.30. The number of hydrogen-bond acceptors (Lipinski definition) is 7. The van der Waals surface area contributed by atoms with Crippen molar-refractivity contribution < 1.29 is 27.6 Å². The van der Waals surface area contributed by atoms with Crippen LogP contribution in [-0.4, -0.2) is 55.1 Å². The number of nitrogens with zero attached hydrogens (tertiary/aromatic N) is 3. The van der Waals surface area contributed by atoms with Crippen LogP contribution in [0.25, 0.3) is 0 Å². The van der Waals surface area contributed by atoms with Gasteiger partial charge in [0.05, 0.1) is 17.0 Å². The first-order valence-corrected chi connectivity index (χ1v) is 11.2. The second-order valence-electron chi connectivity index (χ2n) is 7.51. The van der Waals surface area contributed by atoms with Gasteiger partial charge in [-0.05, 0) is 37.1 Å². The van der Waals surface area contributed by atoms with Gasteiger partial charge in [-0.15, -0.1) is 4.40 Å². The molecule has 0 atom stereocenters. The largest absolute Gasteiger partial charge is 0.355 e. The molecule has 158 valence electrons. The molecule has 0 spiro atoms. The fourth-order valence-corrected chi connectivity index (χ4v) is 5.29. The van der Waals surface area contributed by atoms with E-state index < -0.39 is 33.7 Å². The number of amidine groups is 1. The lowest BCUT2D eigenvalue weighted by molar-refractivity contribution is -0.175. The van der Waals surface area contributed by atoms with Crippen LogP contribution < -0.4 is 0 Å². The summed E-state index contributed by atoms with van der Waals surface area (Å²) < 4.78 is 28.4. The van der Waals surface area contributed by atoms with Gasteiger partial charge in [0.25, 0.3) is 21.8 Å². The molecule has 0 aromatic heterocycles. The molecule has 0 aliphatic carbocycles. The Morgan fingerprint density at radius 2 is 1.45 bits per heavy atom. The van der Waals surface area contributed by atoms with E-state index in [2.05, 4.69) is 4.40 Å². The van der Waals surface area contributed by atoms with Crippen molar-refractivity contribution in [2.75, 3.05) is 13.1 Å². The Bertz CT molecular complexity index is 1230. The molecule has 1 saturated heterocycles. The van der Waals surface area contributed by atoms with E-state index in [0.29, 0.717) is 42.4 Å². The van der Waals surface area contributed by atoms with Gasteiger partial charge in [0.2, 0.25) is 0 Å². The zero-order chi connectivity index (χ0) is 21.8. The number of imide groups is 1. The van der Waals surface area contributed by atoms with E-state index in [4.69, 9.17) is 4.84 Å². The average Bonchev–Trinajstić information content (AvgIpc) is 3.20. The van der Waals surface area contributed by atoms with Crippen LogP contribution >= 0.6 is 0 Å². The molecule has 0 bridgehead atoms. The van der Waals surface area contributed by atoms with Crippen LogP contribution in [0, 0.1) is 5.92 Å². The Balaban J connectivity index is 1.25. The molecular weight excluding hydrogens is 422 g/mol. The van der Waals surface area contributed by atoms with E-state index in [0.717, 1.165) is 0 Å². The third kappa shape index (κ3) is 3.10. The van der Waals surface area contributed by atoms with Crippen LogP contribution in [0.15, 0.2) is 57.8 Å². The summed E-state index contributed by atoms with van der Waals surface area (Å²) in [5.74, 6) is -2.12. The summed E-state index contributed by atoms with van der Waals surface area (Å²) in [5, 5.41) is 0.517. The first kappa shape index (κ1) is 19.4. The van der Waals surface area contributed by atoms with Crippen molar-refractivity contribution in [2.45, 2.75) is 17.7 Å². The number of hydrogen-bond donors (Lipinski definition) is 0. The number of hydroxylamine groups is 2. The van der Waals surface area contributed by atoms with E-state index in [1.54, 1.807) is 30.3 Å². The number of carbonyl (C=O) groups excluding carboxylic acids is 3. The molecule has 31 heavy (non-hydrogen) atoms. The fraction of sp³-hybridized carbons (Fsp3) is 0.238. The number of sulfonamides is 1. The van der Waals surface area contributed by atoms with Crippen LogP contribution in [0.3, 0.4) is 0 Å². The molecule has 0 N–H and O–H groups in total. The van der Waals surface area contributed by atoms with Crippen molar-refractivity contribution in [3.63, 3.8) is 0 Å². The Labute approximate surface area is 177 Å². The first-order valence-electron chi connectivity index (χ1n) is 9.76. The molecule has 0 radical (unpaired) electrons. The number of likely N-dealkylation sites (tertiary alicyclic amines) is 1. The van der Waals surface area contributed by atoms with Gasteiger partial charge >= 0.3 is 5.97 Å². The van der Waals surface area contributed by atoms with Crippen LogP contribution in [0.2, 0.25) is 0 Å². The minimum atomic E-state index is -3.72. The second-order valence-corrected chi connectivity index (χ2v) is 9.08. The topological polar surface area (TPSA) is 113 Å². The number of fused-ring (bicyclic) bond motifs is 2. The molecule has 0 saturated carbocycles. The molecule has 3 heterocycles. The molecule has 3 aliphatic rings. The third-order valence-electron chi connectivity index (χ3n) is 5.68. The molecule has 2 aromatic rings.